The van der Waals surface area contributed by atoms with Crippen molar-refractivity contribution in [3.63, 3.8) is 0 Å². The molecule has 0 radical (unpaired) electrons. The number of rotatable bonds is 2. The standard InChI is InChI=1S/C5H6N2OS/c6-5-7(1-3-8)2-4-9-5/h2-4,6H,1H2. The van der Waals surface area contributed by atoms with E-state index < -0.39 is 0 Å². The minimum atomic E-state index is 0.294. The fourth-order valence-electron chi connectivity index (χ4n) is 0.528. The van der Waals surface area contributed by atoms with Gasteiger partial charge >= 0.3 is 0 Å². The molecule has 0 aliphatic carbocycles. The van der Waals surface area contributed by atoms with E-state index in [1.54, 1.807) is 16.1 Å². The van der Waals surface area contributed by atoms with Crippen LogP contribution < -0.4 is 4.80 Å². The number of aromatic nitrogens is 1. The van der Waals surface area contributed by atoms with Gasteiger partial charge in [0.05, 0.1) is 6.54 Å². The van der Waals surface area contributed by atoms with E-state index in [-0.39, 0.29) is 0 Å². The number of aldehydes is 1. The van der Waals surface area contributed by atoms with Crippen LogP contribution in [0.5, 0.6) is 0 Å². The van der Waals surface area contributed by atoms with Crippen LogP contribution in [-0.4, -0.2) is 10.9 Å². The number of carbonyl (C=O) groups is 1. The number of thiazole rings is 1. The monoisotopic (exact) mass is 142 g/mol. The van der Waals surface area contributed by atoms with Crippen LogP contribution in [0.25, 0.3) is 0 Å². The van der Waals surface area contributed by atoms with Crippen LogP contribution in [0.1, 0.15) is 0 Å². The third-order valence-electron chi connectivity index (χ3n) is 0.953. The Morgan fingerprint density at radius 3 is 3.11 bits per heavy atom. The predicted octanol–water partition coefficient (Wildman–Crippen LogP) is 0.228. The maximum atomic E-state index is 9.92. The smallest absolute Gasteiger partial charge is 0.182 e. The zero-order valence-electron chi connectivity index (χ0n) is 4.70. The molecule has 0 bridgehead atoms. The van der Waals surface area contributed by atoms with Crippen molar-refractivity contribution in [3.05, 3.63) is 16.4 Å². The second-order valence-electron chi connectivity index (χ2n) is 1.53. The van der Waals surface area contributed by atoms with Crippen LogP contribution >= 0.6 is 11.3 Å². The fourth-order valence-corrected chi connectivity index (χ4v) is 1.14. The minimum absolute atomic E-state index is 0.294. The van der Waals surface area contributed by atoms with E-state index in [1.807, 2.05) is 0 Å². The summed E-state index contributed by atoms with van der Waals surface area (Å²) in [5.41, 5.74) is 0. The van der Waals surface area contributed by atoms with Gasteiger partial charge < -0.3 is 9.36 Å². The molecular weight excluding hydrogens is 136 g/mol. The maximum absolute atomic E-state index is 9.92. The van der Waals surface area contributed by atoms with E-state index >= 15 is 0 Å². The molecule has 0 atom stereocenters. The van der Waals surface area contributed by atoms with Gasteiger partial charge in [0.25, 0.3) is 0 Å². The molecule has 0 amide bonds. The highest BCUT2D eigenvalue weighted by Crippen LogP contribution is 1.85. The van der Waals surface area contributed by atoms with E-state index in [4.69, 9.17) is 5.41 Å². The summed E-state index contributed by atoms with van der Waals surface area (Å²) in [5.74, 6) is 0. The minimum Gasteiger partial charge on any atom is -0.317 e. The molecule has 48 valence electrons. The summed E-state index contributed by atoms with van der Waals surface area (Å²) in [6, 6.07) is 0. The van der Waals surface area contributed by atoms with Gasteiger partial charge in [-0.1, -0.05) is 0 Å². The van der Waals surface area contributed by atoms with Crippen LogP contribution in [0, 0.1) is 5.41 Å². The van der Waals surface area contributed by atoms with Gasteiger partial charge in [-0.15, -0.1) is 11.3 Å². The average molecular weight is 142 g/mol. The second kappa shape index (κ2) is 2.59. The molecule has 0 aliphatic rings. The summed E-state index contributed by atoms with van der Waals surface area (Å²) in [4.78, 5) is 10.3. The third-order valence-corrected chi connectivity index (χ3v) is 1.67. The molecule has 0 spiro atoms. The van der Waals surface area contributed by atoms with Crippen LogP contribution in [0.3, 0.4) is 0 Å². The Labute approximate surface area is 56.1 Å². The number of nitrogens with one attached hydrogen (secondary N) is 1. The largest absolute Gasteiger partial charge is 0.317 e. The summed E-state index contributed by atoms with van der Waals surface area (Å²) < 4.78 is 1.58. The summed E-state index contributed by atoms with van der Waals surface area (Å²) in [6.07, 6.45) is 2.51. The van der Waals surface area contributed by atoms with Gasteiger partial charge in [-0.25, -0.2) is 0 Å². The number of carbonyl (C=O) groups excluding carboxylic acids is 1. The molecule has 1 rings (SSSR count). The lowest BCUT2D eigenvalue weighted by molar-refractivity contribution is -0.108. The predicted molar refractivity (Wildman–Crippen MR) is 34.2 cm³/mol. The second-order valence-corrected chi connectivity index (χ2v) is 2.42. The summed E-state index contributed by atoms with van der Waals surface area (Å²) in [5, 5.41) is 8.96. The quantitative estimate of drug-likeness (QED) is 0.590. The van der Waals surface area contributed by atoms with Crippen LogP contribution in [0.2, 0.25) is 0 Å². The Balaban J connectivity index is 2.93. The van der Waals surface area contributed by atoms with Crippen molar-refractivity contribution < 1.29 is 4.79 Å². The molecule has 0 aliphatic heterocycles. The molecular formula is C5H6N2OS. The van der Waals surface area contributed by atoms with Crippen molar-refractivity contribution in [2.75, 3.05) is 0 Å². The van der Waals surface area contributed by atoms with Gasteiger partial charge in [0, 0.05) is 11.6 Å². The van der Waals surface area contributed by atoms with Crippen LogP contribution in [0.15, 0.2) is 11.6 Å². The first-order valence-electron chi connectivity index (χ1n) is 2.47. The van der Waals surface area contributed by atoms with E-state index in [2.05, 4.69) is 0 Å². The number of nitrogens with zero attached hydrogens (tertiary/aromatic N) is 1. The summed E-state index contributed by atoms with van der Waals surface area (Å²) in [6.45, 7) is 0.294. The van der Waals surface area contributed by atoms with E-state index in [9.17, 15) is 4.79 Å². The van der Waals surface area contributed by atoms with Gasteiger partial charge in [0.1, 0.15) is 6.29 Å². The Morgan fingerprint density at radius 2 is 2.67 bits per heavy atom. The fraction of sp³-hybridized carbons (Fsp3) is 0.200. The Morgan fingerprint density at radius 1 is 1.89 bits per heavy atom. The molecule has 0 fully saturated rings. The van der Waals surface area contributed by atoms with Gasteiger partial charge in [0.15, 0.2) is 4.80 Å². The van der Waals surface area contributed by atoms with Crippen LogP contribution in [-0.2, 0) is 11.3 Å². The Hall–Kier alpha value is -0.900. The molecule has 0 saturated heterocycles. The third kappa shape index (κ3) is 1.26. The topological polar surface area (TPSA) is 45.9 Å². The van der Waals surface area contributed by atoms with Crippen molar-refractivity contribution in [2.24, 2.45) is 0 Å². The molecule has 9 heavy (non-hydrogen) atoms. The first kappa shape index (κ1) is 6.22. The molecule has 0 aromatic carbocycles. The van der Waals surface area contributed by atoms with Crippen molar-refractivity contribution in [2.45, 2.75) is 6.54 Å². The van der Waals surface area contributed by atoms with Crippen molar-refractivity contribution in [1.29, 1.82) is 5.41 Å². The van der Waals surface area contributed by atoms with E-state index in [1.165, 1.54) is 11.3 Å². The number of hydrogen-bond donors (Lipinski definition) is 1. The summed E-state index contributed by atoms with van der Waals surface area (Å²) >= 11 is 1.32. The highest BCUT2D eigenvalue weighted by Gasteiger charge is 1.88. The van der Waals surface area contributed by atoms with Crippen LogP contribution in [0.4, 0.5) is 0 Å². The van der Waals surface area contributed by atoms with Crippen molar-refractivity contribution in [1.82, 2.24) is 4.57 Å². The zero-order valence-corrected chi connectivity index (χ0v) is 5.52. The Kier molecular flexibility index (Phi) is 1.79. The lowest BCUT2D eigenvalue weighted by atomic mass is 10.7. The Bertz CT molecular complexity index is 249. The molecule has 0 unspecified atom stereocenters. The normalized spacial score (nSPS) is 9.33. The average Bonchev–Trinajstić information content (AvgIpc) is 2.18. The zero-order chi connectivity index (χ0) is 6.69. The van der Waals surface area contributed by atoms with Gasteiger partial charge in [-0.05, 0) is 0 Å². The molecule has 1 N–H and O–H groups in total. The molecule has 1 aromatic rings. The molecule has 1 aromatic heterocycles. The van der Waals surface area contributed by atoms with Gasteiger partial charge in [0.2, 0.25) is 0 Å². The van der Waals surface area contributed by atoms with Gasteiger partial charge in [-0.2, -0.15) is 0 Å². The van der Waals surface area contributed by atoms with E-state index in [0.717, 1.165) is 6.29 Å². The molecule has 4 heteroatoms. The van der Waals surface area contributed by atoms with Crippen molar-refractivity contribution >= 4 is 17.6 Å². The first-order valence-corrected chi connectivity index (χ1v) is 3.34. The lowest BCUT2D eigenvalue weighted by Crippen LogP contribution is -2.12. The first-order chi connectivity index (χ1) is 4.34. The number of hydrogen-bond acceptors (Lipinski definition) is 3. The molecule has 1 heterocycles. The maximum Gasteiger partial charge on any atom is 0.182 e. The highest BCUT2D eigenvalue weighted by atomic mass is 32.1. The molecule has 3 nitrogen and oxygen atoms in total. The summed E-state index contributed by atoms with van der Waals surface area (Å²) in [7, 11) is 0. The van der Waals surface area contributed by atoms with Gasteiger partial charge in [-0.3, -0.25) is 5.41 Å². The molecule has 0 saturated carbocycles. The highest BCUT2D eigenvalue weighted by molar-refractivity contribution is 7.06. The van der Waals surface area contributed by atoms with E-state index in [0.29, 0.717) is 11.3 Å². The SMILES string of the molecule is N=c1sccn1CC=O. The van der Waals surface area contributed by atoms with Crippen molar-refractivity contribution in [3.8, 4) is 0 Å². The lowest BCUT2D eigenvalue weighted by Gasteiger charge is -1.89.